The molecule has 0 spiro atoms. The third kappa shape index (κ3) is 2.73. The minimum absolute atomic E-state index is 0.0102. The summed E-state index contributed by atoms with van der Waals surface area (Å²) in [6.07, 6.45) is 6.96. The first-order chi connectivity index (χ1) is 11.0. The van der Waals surface area contributed by atoms with Crippen molar-refractivity contribution in [3.63, 3.8) is 0 Å². The molecule has 23 heavy (non-hydrogen) atoms. The van der Waals surface area contributed by atoms with Crippen LogP contribution in [0.25, 0.3) is 11.1 Å². The van der Waals surface area contributed by atoms with Gasteiger partial charge in [0.2, 0.25) is 0 Å². The molecule has 0 saturated heterocycles. The average molecular weight is 355 g/mol. The predicted molar refractivity (Wildman–Crippen MR) is 87.7 cm³/mol. The molecule has 0 radical (unpaired) electrons. The number of fused-ring (bicyclic) bond motifs is 1. The first-order valence-electron chi connectivity index (χ1n) is 7.09. The minimum Gasteiger partial charge on any atom is -0.479 e. The highest BCUT2D eigenvalue weighted by Gasteiger charge is 2.25. The summed E-state index contributed by atoms with van der Waals surface area (Å²) in [6, 6.07) is 2.46. The molecule has 0 atom stereocenters. The van der Waals surface area contributed by atoms with Crippen LogP contribution < -0.4 is 10.3 Å². The Morgan fingerprint density at radius 2 is 1.96 bits per heavy atom. The lowest BCUT2D eigenvalue weighted by Gasteiger charge is -2.17. The van der Waals surface area contributed by atoms with Crippen LogP contribution in [0.5, 0.6) is 5.75 Å². The molecule has 0 fully saturated rings. The van der Waals surface area contributed by atoms with E-state index in [9.17, 15) is 9.18 Å². The number of terminal acetylenes is 1. The first kappa shape index (κ1) is 16.0. The fourth-order valence-electron chi connectivity index (χ4n) is 2.70. The van der Waals surface area contributed by atoms with E-state index in [-0.39, 0.29) is 39.2 Å². The van der Waals surface area contributed by atoms with E-state index in [0.29, 0.717) is 13.1 Å². The molecule has 1 aliphatic rings. The number of rotatable bonds is 3. The average Bonchev–Trinajstić information content (AvgIpc) is 2.79. The largest absolute Gasteiger partial charge is 0.479 e. The number of benzene rings is 1. The van der Waals surface area contributed by atoms with Gasteiger partial charge >= 0.3 is 0 Å². The zero-order valence-corrected chi connectivity index (χ0v) is 13.6. The van der Waals surface area contributed by atoms with E-state index in [1.165, 1.54) is 10.7 Å². The van der Waals surface area contributed by atoms with Gasteiger partial charge in [-0.15, -0.1) is 6.42 Å². The standard InChI is InChI=1S/C16H13Cl2FN2O2/c1-2-7-23-13-8-10(12(19)9-11(13)17)14-15(18)20-5-3-4-6-21(20)16(14)22/h1,8-9H,3-7H2. The molecule has 1 aromatic heterocycles. The van der Waals surface area contributed by atoms with E-state index >= 15 is 0 Å². The summed E-state index contributed by atoms with van der Waals surface area (Å²) >= 11 is 12.3. The molecule has 120 valence electrons. The lowest BCUT2D eigenvalue weighted by Crippen LogP contribution is -2.27. The molecule has 0 amide bonds. The highest BCUT2D eigenvalue weighted by Crippen LogP contribution is 2.35. The Morgan fingerprint density at radius 1 is 1.26 bits per heavy atom. The van der Waals surface area contributed by atoms with Gasteiger partial charge in [-0.1, -0.05) is 29.1 Å². The molecule has 0 saturated carbocycles. The van der Waals surface area contributed by atoms with Gasteiger partial charge in [0.1, 0.15) is 23.3 Å². The summed E-state index contributed by atoms with van der Waals surface area (Å²) < 4.78 is 22.9. The van der Waals surface area contributed by atoms with Gasteiger partial charge in [-0.2, -0.15) is 0 Å². The van der Waals surface area contributed by atoms with E-state index in [1.807, 2.05) is 0 Å². The van der Waals surface area contributed by atoms with Crippen molar-refractivity contribution in [1.82, 2.24) is 9.36 Å². The highest BCUT2D eigenvalue weighted by molar-refractivity contribution is 6.33. The van der Waals surface area contributed by atoms with Crippen LogP contribution in [0.1, 0.15) is 12.8 Å². The molecule has 2 aromatic rings. The van der Waals surface area contributed by atoms with Crippen LogP contribution in [-0.4, -0.2) is 16.0 Å². The summed E-state index contributed by atoms with van der Waals surface area (Å²) in [5.41, 5.74) is -0.141. The van der Waals surface area contributed by atoms with Gasteiger partial charge in [0.25, 0.3) is 5.56 Å². The number of aromatic nitrogens is 2. The fourth-order valence-corrected chi connectivity index (χ4v) is 3.27. The number of ether oxygens (including phenoxy) is 1. The van der Waals surface area contributed by atoms with Crippen molar-refractivity contribution < 1.29 is 9.13 Å². The molecule has 3 rings (SSSR count). The van der Waals surface area contributed by atoms with Crippen molar-refractivity contribution in [2.45, 2.75) is 25.9 Å². The van der Waals surface area contributed by atoms with Gasteiger partial charge in [-0.25, -0.2) is 9.07 Å². The van der Waals surface area contributed by atoms with E-state index < -0.39 is 5.82 Å². The molecule has 2 heterocycles. The van der Waals surface area contributed by atoms with Gasteiger partial charge in [0.05, 0.1) is 10.6 Å². The van der Waals surface area contributed by atoms with Crippen LogP contribution in [0.15, 0.2) is 16.9 Å². The summed E-state index contributed by atoms with van der Waals surface area (Å²) in [6.45, 7) is 1.18. The molecule has 0 unspecified atom stereocenters. The second kappa shape index (κ2) is 6.31. The Labute approximate surface area is 142 Å². The summed E-state index contributed by atoms with van der Waals surface area (Å²) in [4.78, 5) is 12.6. The third-order valence-electron chi connectivity index (χ3n) is 3.76. The number of nitrogens with zero attached hydrogens (tertiary/aromatic N) is 2. The summed E-state index contributed by atoms with van der Waals surface area (Å²) in [5, 5.41) is 0.306. The Bertz CT molecular complexity index is 864. The Morgan fingerprint density at radius 3 is 2.61 bits per heavy atom. The van der Waals surface area contributed by atoms with E-state index in [4.69, 9.17) is 34.4 Å². The summed E-state index contributed by atoms with van der Waals surface area (Å²) in [5.74, 6) is 1.89. The third-order valence-corrected chi connectivity index (χ3v) is 4.44. The lowest BCUT2D eigenvalue weighted by atomic mass is 10.1. The van der Waals surface area contributed by atoms with Gasteiger partial charge < -0.3 is 4.74 Å². The van der Waals surface area contributed by atoms with Crippen LogP contribution >= 0.6 is 23.2 Å². The van der Waals surface area contributed by atoms with Crippen LogP contribution in [-0.2, 0) is 13.1 Å². The maximum absolute atomic E-state index is 14.4. The van der Waals surface area contributed by atoms with E-state index in [0.717, 1.165) is 18.9 Å². The normalized spacial score (nSPS) is 13.5. The van der Waals surface area contributed by atoms with Gasteiger partial charge in [-0.3, -0.25) is 9.48 Å². The molecular formula is C16H13Cl2FN2O2. The zero-order valence-electron chi connectivity index (χ0n) is 12.1. The van der Waals surface area contributed by atoms with E-state index in [1.54, 1.807) is 4.68 Å². The highest BCUT2D eigenvalue weighted by atomic mass is 35.5. The smallest absolute Gasteiger partial charge is 0.276 e. The van der Waals surface area contributed by atoms with Crippen molar-refractivity contribution >= 4 is 23.2 Å². The maximum atomic E-state index is 14.4. The molecule has 4 nitrogen and oxygen atoms in total. The van der Waals surface area contributed by atoms with Crippen LogP contribution in [0.2, 0.25) is 10.2 Å². The Hall–Kier alpha value is -1.90. The van der Waals surface area contributed by atoms with Crippen LogP contribution in [0.4, 0.5) is 4.39 Å². The first-order valence-corrected chi connectivity index (χ1v) is 7.85. The molecule has 0 N–H and O–H groups in total. The quantitative estimate of drug-likeness (QED) is 0.790. The van der Waals surface area contributed by atoms with Crippen LogP contribution in [0, 0.1) is 18.2 Å². The Kier molecular flexibility index (Phi) is 4.38. The predicted octanol–water partition coefficient (Wildman–Crippen LogP) is 3.57. The molecule has 0 bridgehead atoms. The topological polar surface area (TPSA) is 36.2 Å². The van der Waals surface area contributed by atoms with Crippen molar-refractivity contribution in [2.75, 3.05) is 6.61 Å². The van der Waals surface area contributed by atoms with Gasteiger partial charge in [0.15, 0.2) is 0 Å². The number of hydrogen-bond donors (Lipinski definition) is 0. The van der Waals surface area contributed by atoms with Crippen molar-refractivity contribution in [3.8, 4) is 29.2 Å². The van der Waals surface area contributed by atoms with Crippen molar-refractivity contribution in [1.29, 1.82) is 0 Å². The van der Waals surface area contributed by atoms with Crippen molar-refractivity contribution in [2.24, 2.45) is 0 Å². The van der Waals surface area contributed by atoms with E-state index in [2.05, 4.69) is 5.92 Å². The lowest BCUT2D eigenvalue weighted by molar-refractivity contribution is 0.356. The minimum atomic E-state index is -0.634. The molecule has 7 heteroatoms. The monoisotopic (exact) mass is 354 g/mol. The summed E-state index contributed by atoms with van der Waals surface area (Å²) in [7, 11) is 0. The van der Waals surface area contributed by atoms with Gasteiger partial charge in [-0.05, 0) is 25.0 Å². The second-order valence-corrected chi connectivity index (χ2v) is 5.94. The molecule has 1 aromatic carbocycles. The van der Waals surface area contributed by atoms with Crippen molar-refractivity contribution in [3.05, 3.63) is 38.5 Å². The number of halogens is 3. The molecule has 1 aliphatic heterocycles. The fraction of sp³-hybridized carbons (Fsp3) is 0.312. The Balaban J connectivity index is 2.18. The SMILES string of the molecule is C#CCOc1cc(-c2c(Cl)n3n(c2=O)CCCC3)c(F)cc1Cl. The zero-order chi connectivity index (χ0) is 16.6. The molecular weight excluding hydrogens is 342 g/mol. The number of hydrogen-bond acceptors (Lipinski definition) is 2. The van der Waals surface area contributed by atoms with Gasteiger partial charge in [0, 0.05) is 18.7 Å². The van der Waals surface area contributed by atoms with Crippen LogP contribution in [0.3, 0.4) is 0 Å². The molecule has 0 aliphatic carbocycles. The second-order valence-electron chi connectivity index (χ2n) is 5.18. The maximum Gasteiger partial charge on any atom is 0.276 e.